The molecule has 1 aliphatic carbocycles. The number of allylic oxidation sites excluding steroid dienone is 2. The number of hydrogen-bond donors (Lipinski definition) is 1. The molecule has 2 N–H and O–H groups in total. The zero-order valence-electron chi connectivity index (χ0n) is 7.66. The maximum Gasteiger partial charge on any atom is 0.130 e. The topological polar surface area (TPSA) is 38.9 Å². The molecule has 0 unspecified atom stereocenters. The molecule has 1 aliphatic rings. The minimum absolute atomic E-state index is 0.663. The molecule has 13 heavy (non-hydrogen) atoms. The van der Waals surface area contributed by atoms with Crippen LogP contribution in [0.1, 0.15) is 31.2 Å². The van der Waals surface area contributed by atoms with Crippen LogP contribution in [0.3, 0.4) is 0 Å². The molecular weight excluding hydrogens is 160 g/mol. The summed E-state index contributed by atoms with van der Waals surface area (Å²) in [5.74, 6) is 0.663. The third-order valence-corrected chi connectivity index (χ3v) is 2.48. The van der Waals surface area contributed by atoms with Gasteiger partial charge in [-0.2, -0.15) is 0 Å². The molecule has 1 aromatic rings. The Morgan fingerprint density at radius 2 is 2.23 bits per heavy atom. The number of nitrogens with two attached hydrogens (primary N) is 1. The summed E-state index contributed by atoms with van der Waals surface area (Å²) in [6.07, 6.45) is 8.95. The van der Waals surface area contributed by atoms with Crippen LogP contribution in [0.4, 0.5) is 5.82 Å². The van der Waals surface area contributed by atoms with Crippen molar-refractivity contribution in [2.75, 3.05) is 5.73 Å². The summed E-state index contributed by atoms with van der Waals surface area (Å²) < 4.78 is 0. The highest BCUT2D eigenvalue weighted by atomic mass is 14.8. The number of anilines is 1. The summed E-state index contributed by atoms with van der Waals surface area (Å²) >= 11 is 0. The van der Waals surface area contributed by atoms with Gasteiger partial charge in [-0.25, -0.2) is 4.98 Å². The Balaban J connectivity index is 2.34. The van der Waals surface area contributed by atoms with Crippen LogP contribution in [0.15, 0.2) is 24.4 Å². The fourth-order valence-corrected chi connectivity index (χ4v) is 1.77. The first kappa shape index (κ1) is 8.30. The minimum Gasteiger partial charge on any atom is -0.383 e. The summed E-state index contributed by atoms with van der Waals surface area (Å²) in [5, 5.41) is 0. The molecule has 0 bridgehead atoms. The van der Waals surface area contributed by atoms with Crippen molar-refractivity contribution in [2.45, 2.75) is 25.7 Å². The molecule has 0 saturated heterocycles. The molecule has 68 valence electrons. The maximum absolute atomic E-state index is 5.80. The second-order valence-corrected chi connectivity index (χ2v) is 3.41. The number of nitrogen functional groups attached to an aromatic ring is 1. The summed E-state index contributed by atoms with van der Waals surface area (Å²) in [6, 6.07) is 4.00. The number of hydrogen-bond acceptors (Lipinski definition) is 2. The van der Waals surface area contributed by atoms with Gasteiger partial charge in [0.2, 0.25) is 0 Å². The van der Waals surface area contributed by atoms with E-state index in [-0.39, 0.29) is 0 Å². The molecule has 2 nitrogen and oxygen atoms in total. The lowest BCUT2D eigenvalue weighted by Crippen LogP contribution is -1.98. The van der Waals surface area contributed by atoms with Gasteiger partial charge in [0, 0.05) is 11.8 Å². The van der Waals surface area contributed by atoms with E-state index in [1.807, 2.05) is 6.07 Å². The number of nitrogens with zero attached hydrogens (tertiary/aromatic N) is 1. The molecule has 1 aromatic heterocycles. The highest BCUT2D eigenvalue weighted by Crippen LogP contribution is 2.28. The van der Waals surface area contributed by atoms with E-state index < -0.39 is 0 Å². The smallest absolute Gasteiger partial charge is 0.130 e. The van der Waals surface area contributed by atoms with Gasteiger partial charge in [-0.15, -0.1) is 0 Å². The SMILES string of the molecule is Nc1ncccc1C1=CCCCC1. The second-order valence-electron chi connectivity index (χ2n) is 3.41. The molecule has 2 rings (SSSR count). The predicted molar refractivity (Wildman–Crippen MR) is 55.1 cm³/mol. The Bertz CT molecular complexity index is 329. The molecular formula is C11H14N2. The Morgan fingerprint density at radius 3 is 2.92 bits per heavy atom. The monoisotopic (exact) mass is 174 g/mol. The molecule has 0 fully saturated rings. The van der Waals surface area contributed by atoms with Crippen molar-refractivity contribution in [1.29, 1.82) is 0 Å². The zero-order valence-corrected chi connectivity index (χ0v) is 7.66. The van der Waals surface area contributed by atoms with Gasteiger partial charge >= 0.3 is 0 Å². The molecule has 0 spiro atoms. The van der Waals surface area contributed by atoms with E-state index in [0.717, 1.165) is 12.0 Å². The van der Waals surface area contributed by atoms with Crippen molar-refractivity contribution >= 4 is 11.4 Å². The second kappa shape index (κ2) is 3.60. The van der Waals surface area contributed by atoms with Crippen molar-refractivity contribution < 1.29 is 0 Å². The first-order valence-electron chi connectivity index (χ1n) is 4.78. The van der Waals surface area contributed by atoms with Gasteiger partial charge in [-0.1, -0.05) is 6.08 Å². The van der Waals surface area contributed by atoms with E-state index in [4.69, 9.17) is 5.73 Å². The fourth-order valence-electron chi connectivity index (χ4n) is 1.77. The molecule has 0 aromatic carbocycles. The third-order valence-electron chi connectivity index (χ3n) is 2.48. The lowest BCUT2D eigenvalue weighted by Gasteiger charge is -2.13. The van der Waals surface area contributed by atoms with Crippen LogP contribution in [0.2, 0.25) is 0 Å². The van der Waals surface area contributed by atoms with E-state index in [1.54, 1.807) is 6.20 Å². The molecule has 2 heteroatoms. The average Bonchev–Trinajstić information content (AvgIpc) is 2.20. The van der Waals surface area contributed by atoms with E-state index in [1.165, 1.54) is 24.8 Å². The van der Waals surface area contributed by atoms with E-state index in [9.17, 15) is 0 Å². The summed E-state index contributed by atoms with van der Waals surface area (Å²) in [5.41, 5.74) is 8.30. The standard InChI is InChI=1S/C11H14N2/c12-11-10(7-4-8-13-11)9-5-2-1-3-6-9/h4-5,7-8H,1-3,6H2,(H2,12,13). The van der Waals surface area contributed by atoms with Crippen molar-refractivity contribution in [1.82, 2.24) is 4.98 Å². The van der Waals surface area contributed by atoms with Crippen LogP contribution in [0.25, 0.3) is 5.57 Å². The lowest BCUT2D eigenvalue weighted by molar-refractivity contribution is 0.742. The van der Waals surface area contributed by atoms with Crippen LogP contribution in [-0.4, -0.2) is 4.98 Å². The zero-order chi connectivity index (χ0) is 9.10. The number of rotatable bonds is 1. The van der Waals surface area contributed by atoms with Gasteiger partial charge in [0.15, 0.2) is 0 Å². The molecule has 0 radical (unpaired) electrons. The summed E-state index contributed by atoms with van der Waals surface area (Å²) in [6.45, 7) is 0. The Kier molecular flexibility index (Phi) is 2.30. The summed E-state index contributed by atoms with van der Waals surface area (Å²) in [4.78, 5) is 4.09. The first-order chi connectivity index (χ1) is 6.38. The Labute approximate surface area is 78.5 Å². The normalized spacial score (nSPS) is 16.8. The lowest BCUT2D eigenvalue weighted by atomic mass is 9.94. The van der Waals surface area contributed by atoms with E-state index in [2.05, 4.69) is 17.1 Å². The van der Waals surface area contributed by atoms with Gasteiger partial charge in [0.1, 0.15) is 5.82 Å². The third kappa shape index (κ3) is 1.72. The van der Waals surface area contributed by atoms with Gasteiger partial charge in [0.25, 0.3) is 0 Å². The highest BCUT2D eigenvalue weighted by Gasteiger charge is 2.08. The summed E-state index contributed by atoms with van der Waals surface area (Å²) in [7, 11) is 0. The Hall–Kier alpha value is -1.31. The molecule has 0 atom stereocenters. The number of pyridine rings is 1. The van der Waals surface area contributed by atoms with Crippen LogP contribution in [0, 0.1) is 0 Å². The van der Waals surface area contributed by atoms with Crippen molar-refractivity contribution in [3.63, 3.8) is 0 Å². The Morgan fingerprint density at radius 1 is 1.31 bits per heavy atom. The first-order valence-corrected chi connectivity index (χ1v) is 4.78. The van der Waals surface area contributed by atoms with Crippen molar-refractivity contribution in [3.05, 3.63) is 30.0 Å². The van der Waals surface area contributed by atoms with Gasteiger partial charge in [-0.05, 0) is 43.4 Å². The predicted octanol–water partition coefficient (Wildman–Crippen LogP) is 2.62. The maximum atomic E-state index is 5.80. The van der Waals surface area contributed by atoms with Crippen molar-refractivity contribution in [2.24, 2.45) is 0 Å². The van der Waals surface area contributed by atoms with Crippen LogP contribution in [-0.2, 0) is 0 Å². The average molecular weight is 174 g/mol. The van der Waals surface area contributed by atoms with Gasteiger partial charge < -0.3 is 5.73 Å². The van der Waals surface area contributed by atoms with E-state index in [0.29, 0.717) is 5.82 Å². The van der Waals surface area contributed by atoms with Crippen LogP contribution < -0.4 is 5.73 Å². The molecule has 1 heterocycles. The fraction of sp³-hybridized carbons (Fsp3) is 0.364. The van der Waals surface area contributed by atoms with Gasteiger partial charge in [-0.3, -0.25) is 0 Å². The minimum atomic E-state index is 0.663. The quantitative estimate of drug-likeness (QED) is 0.710. The van der Waals surface area contributed by atoms with E-state index >= 15 is 0 Å². The molecule has 0 aliphatic heterocycles. The highest BCUT2D eigenvalue weighted by molar-refractivity contribution is 5.73. The van der Waals surface area contributed by atoms with Crippen LogP contribution in [0.5, 0.6) is 0 Å². The van der Waals surface area contributed by atoms with Crippen LogP contribution >= 0.6 is 0 Å². The molecule has 0 saturated carbocycles. The largest absolute Gasteiger partial charge is 0.383 e. The number of aromatic nitrogens is 1. The molecule has 0 amide bonds. The van der Waals surface area contributed by atoms with Gasteiger partial charge in [0.05, 0.1) is 0 Å². The van der Waals surface area contributed by atoms with Crippen molar-refractivity contribution in [3.8, 4) is 0 Å².